The molecule has 0 spiro atoms. The molecule has 152 valence electrons. The number of hydrogen-bond donors (Lipinski definition) is 1. The number of amides is 1. The molecule has 0 atom stereocenters. The van der Waals surface area contributed by atoms with Crippen LogP contribution in [0.25, 0.3) is 33.7 Å². The fourth-order valence-corrected chi connectivity index (χ4v) is 3.28. The third-order valence-corrected chi connectivity index (χ3v) is 4.98. The SMILES string of the molecule is CN(C)C(=O)c1ccc(-c2cc3ncnc(-c4cccc(C(C)(C)O)c4)c3o2)cc1. The smallest absolute Gasteiger partial charge is 0.253 e. The van der Waals surface area contributed by atoms with Crippen LogP contribution < -0.4 is 0 Å². The molecule has 0 saturated heterocycles. The Kier molecular flexibility index (Phi) is 4.87. The van der Waals surface area contributed by atoms with Crippen molar-refractivity contribution in [1.29, 1.82) is 0 Å². The molecule has 0 fully saturated rings. The normalized spacial score (nSPS) is 11.6. The number of nitrogens with zero attached hydrogens (tertiary/aromatic N) is 3. The predicted octanol–water partition coefficient (Wildman–Crippen LogP) is 4.49. The van der Waals surface area contributed by atoms with Crippen molar-refractivity contribution in [2.24, 2.45) is 0 Å². The standard InChI is InChI=1S/C24H23N3O3/c1-24(2,29)18-7-5-6-17(12-18)21-22-19(25-14-26-21)13-20(30-22)15-8-10-16(11-9-15)23(28)27(3)4/h5-14,29H,1-4H3. The second kappa shape index (κ2) is 7.39. The fraction of sp³-hybridized carbons (Fsp3) is 0.208. The molecule has 6 heteroatoms. The van der Waals surface area contributed by atoms with Crippen LogP contribution in [-0.2, 0) is 5.60 Å². The van der Waals surface area contributed by atoms with Crippen molar-refractivity contribution in [3.05, 3.63) is 72.1 Å². The summed E-state index contributed by atoms with van der Waals surface area (Å²) in [6.07, 6.45) is 1.51. The summed E-state index contributed by atoms with van der Waals surface area (Å²) in [7, 11) is 3.45. The zero-order chi connectivity index (χ0) is 21.5. The summed E-state index contributed by atoms with van der Waals surface area (Å²) in [6.45, 7) is 3.49. The van der Waals surface area contributed by atoms with Crippen LogP contribution in [0.4, 0.5) is 0 Å². The second-order valence-corrected chi connectivity index (χ2v) is 7.96. The van der Waals surface area contributed by atoms with E-state index in [0.717, 1.165) is 16.7 Å². The van der Waals surface area contributed by atoms with Crippen molar-refractivity contribution in [2.75, 3.05) is 14.1 Å². The summed E-state index contributed by atoms with van der Waals surface area (Å²) in [5.74, 6) is 0.597. The van der Waals surface area contributed by atoms with Gasteiger partial charge in [-0.05, 0) is 37.6 Å². The molecule has 30 heavy (non-hydrogen) atoms. The highest BCUT2D eigenvalue weighted by atomic mass is 16.3. The van der Waals surface area contributed by atoms with Crippen LogP contribution in [-0.4, -0.2) is 40.0 Å². The van der Waals surface area contributed by atoms with E-state index in [-0.39, 0.29) is 5.91 Å². The van der Waals surface area contributed by atoms with Crippen molar-refractivity contribution in [3.8, 4) is 22.6 Å². The van der Waals surface area contributed by atoms with Gasteiger partial charge in [-0.15, -0.1) is 0 Å². The molecule has 1 amide bonds. The Labute approximate surface area is 174 Å². The predicted molar refractivity (Wildman–Crippen MR) is 116 cm³/mol. The highest BCUT2D eigenvalue weighted by Gasteiger charge is 2.19. The van der Waals surface area contributed by atoms with Crippen molar-refractivity contribution in [3.63, 3.8) is 0 Å². The lowest BCUT2D eigenvalue weighted by Crippen LogP contribution is -2.21. The molecule has 0 unspecified atom stereocenters. The maximum atomic E-state index is 12.1. The molecular weight excluding hydrogens is 378 g/mol. The largest absolute Gasteiger partial charge is 0.452 e. The quantitative estimate of drug-likeness (QED) is 0.545. The van der Waals surface area contributed by atoms with Crippen molar-refractivity contribution in [2.45, 2.75) is 19.4 Å². The third kappa shape index (κ3) is 3.69. The van der Waals surface area contributed by atoms with Crippen molar-refractivity contribution >= 4 is 17.0 Å². The Morgan fingerprint density at radius 3 is 2.40 bits per heavy atom. The summed E-state index contributed by atoms with van der Waals surface area (Å²) in [4.78, 5) is 22.4. The summed E-state index contributed by atoms with van der Waals surface area (Å²) in [5, 5.41) is 10.3. The summed E-state index contributed by atoms with van der Waals surface area (Å²) in [6, 6.07) is 16.8. The highest BCUT2D eigenvalue weighted by Crippen LogP contribution is 2.33. The van der Waals surface area contributed by atoms with Gasteiger partial charge in [0.1, 0.15) is 23.3 Å². The van der Waals surface area contributed by atoms with Crippen LogP contribution >= 0.6 is 0 Å². The van der Waals surface area contributed by atoms with Gasteiger partial charge in [0.15, 0.2) is 5.58 Å². The average Bonchev–Trinajstić information content (AvgIpc) is 3.17. The summed E-state index contributed by atoms with van der Waals surface area (Å²) < 4.78 is 6.13. The lowest BCUT2D eigenvalue weighted by atomic mass is 9.95. The van der Waals surface area contributed by atoms with E-state index in [1.807, 2.05) is 42.5 Å². The minimum Gasteiger partial charge on any atom is -0.452 e. The van der Waals surface area contributed by atoms with Gasteiger partial charge in [-0.1, -0.05) is 30.3 Å². The Balaban J connectivity index is 1.76. The second-order valence-electron chi connectivity index (χ2n) is 7.96. The van der Waals surface area contributed by atoms with E-state index in [2.05, 4.69) is 9.97 Å². The maximum absolute atomic E-state index is 12.1. The van der Waals surface area contributed by atoms with Crippen molar-refractivity contribution < 1.29 is 14.3 Å². The molecule has 4 rings (SSSR count). The Bertz CT molecular complexity index is 1220. The molecule has 6 nitrogen and oxygen atoms in total. The van der Waals surface area contributed by atoms with E-state index in [1.165, 1.54) is 6.33 Å². The topological polar surface area (TPSA) is 79.5 Å². The first-order valence-electron chi connectivity index (χ1n) is 9.64. The van der Waals surface area contributed by atoms with Crippen LogP contribution in [0.2, 0.25) is 0 Å². The number of carbonyl (C=O) groups excluding carboxylic acids is 1. The lowest BCUT2D eigenvalue weighted by Gasteiger charge is -2.18. The van der Waals surface area contributed by atoms with Gasteiger partial charge in [0.05, 0.1) is 5.60 Å². The Morgan fingerprint density at radius 2 is 1.73 bits per heavy atom. The van der Waals surface area contributed by atoms with Gasteiger partial charge in [-0.3, -0.25) is 4.79 Å². The van der Waals surface area contributed by atoms with E-state index in [0.29, 0.717) is 28.1 Å². The number of fused-ring (bicyclic) bond motifs is 1. The van der Waals surface area contributed by atoms with Gasteiger partial charge >= 0.3 is 0 Å². The van der Waals surface area contributed by atoms with E-state index < -0.39 is 5.60 Å². The minimum absolute atomic E-state index is 0.0500. The Morgan fingerprint density at radius 1 is 1.00 bits per heavy atom. The molecule has 0 aliphatic carbocycles. The molecule has 0 radical (unpaired) electrons. The maximum Gasteiger partial charge on any atom is 0.253 e. The van der Waals surface area contributed by atoms with Gasteiger partial charge < -0.3 is 14.4 Å². The zero-order valence-electron chi connectivity index (χ0n) is 17.4. The molecule has 0 aliphatic rings. The highest BCUT2D eigenvalue weighted by molar-refractivity contribution is 5.95. The van der Waals surface area contributed by atoms with E-state index in [4.69, 9.17) is 4.42 Å². The molecule has 2 aromatic carbocycles. The Hall–Kier alpha value is -3.51. The molecular formula is C24H23N3O3. The summed E-state index contributed by atoms with van der Waals surface area (Å²) in [5.41, 5.74) is 4.07. The zero-order valence-corrected chi connectivity index (χ0v) is 17.4. The van der Waals surface area contributed by atoms with Gasteiger partial charge in [0.25, 0.3) is 5.91 Å². The van der Waals surface area contributed by atoms with E-state index in [1.54, 1.807) is 45.0 Å². The fourth-order valence-electron chi connectivity index (χ4n) is 3.28. The van der Waals surface area contributed by atoms with Gasteiger partial charge in [-0.25, -0.2) is 9.97 Å². The number of furan rings is 1. The first-order valence-corrected chi connectivity index (χ1v) is 9.64. The molecule has 2 heterocycles. The number of aromatic nitrogens is 2. The van der Waals surface area contributed by atoms with Crippen molar-refractivity contribution in [1.82, 2.24) is 14.9 Å². The van der Waals surface area contributed by atoms with Gasteiger partial charge in [-0.2, -0.15) is 0 Å². The van der Waals surface area contributed by atoms with Gasteiger partial charge in [0.2, 0.25) is 0 Å². The first kappa shape index (κ1) is 19.8. The monoisotopic (exact) mass is 401 g/mol. The molecule has 2 aromatic heterocycles. The van der Waals surface area contributed by atoms with Crippen LogP contribution in [0.5, 0.6) is 0 Å². The average molecular weight is 401 g/mol. The molecule has 4 aromatic rings. The molecule has 0 aliphatic heterocycles. The van der Waals surface area contributed by atoms with Crippen LogP contribution in [0.1, 0.15) is 29.8 Å². The number of benzene rings is 2. The van der Waals surface area contributed by atoms with Crippen LogP contribution in [0.15, 0.2) is 65.3 Å². The van der Waals surface area contributed by atoms with Gasteiger partial charge in [0, 0.05) is 36.9 Å². The van der Waals surface area contributed by atoms with E-state index >= 15 is 0 Å². The van der Waals surface area contributed by atoms with Crippen LogP contribution in [0, 0.1) is 0 Å². The third-order valence-electron chi connectivity index (χ3n) is 4.98. The molecule has 1 N–H and O–H groups in total. The summed E-state index contributed by atoms with van der Waals surface area (Å²) >= 11 is 0. The van der Waals surface area contributed by atoms with Crippen LogP contribution in [0.3, 0.4) is 0 Å². The first-order chi connectivity index (χ1) is 14.2. The number of hydrogen-bond acceptors (Lipinski definition) is 5. The number of aliphatic hydroxyl groups is 1. The number of carbonyl (C=O) groups is 1. The number of rotatable bonds is 4. The minimum atomic E-state index is -0.956. The molecule has 0 bridgehead atoms. The molecule has 0 saturated carbocycles. The van der Waals surface area contributed by atoms with E-state index in [9.17, 15) is 9.90 Å². The lowest BCUT2D eigenvalue weighted by molar-refractivity contribution is 0.0785.